The molecule has 0 atom stereocenters. The van der Waals surface area contributed by atoms with Gasteiger partial charge in [0.15, 0.2) is 0 Å². The van der Waals surface area contributed by atoms with E-state index >= 15 is 0 Å². The first-order chi connectivity index (χ1) is 10.7. The number of aromatic nitrogens is 1. The van der Waals surface area contributed by atoms with Crippen molar-refractivity contribution in [3.63, 3.8) is 0 Å². The van der Waals surface area contributed by atoms with Gasteiger partial charge in [-0.05, 0) is 38.1 Å². The molecule has 0 bridgehead atoms. The Labute approximate surface area is 133 Å². The van der Waals surface area contributed by atoms with E-state index in [-0.39, 0.29) is 18.0 Å². The summed E-state index contributed by atoms with van der Waals surface area (Å²) in [5.41, 5.74) is 0.952. The predicted molar refractivity (Wildman–Crippen MR) is 85.4 cm³/mol. The number of carbonyl (C=O) groups excluding carboxylic acids is 1. The van der Waals surface area contributed by atoms with E-state index in [4.69, 9.17) is 0 Å². The molecule has 2 aromatic rings. The molecule has 0 radical (unpaired) electrons. The number of amides is 1. The van der Waals surface area contributed by atoms with E-state index in [1.807, 2.05) is 5.38 Å². The van der Waals surface area contributed by atoms with Crippen molar-refractivity contribution in [1.82, 2.24) is 9.88 Å². The molecule has 1 saturated heterocycles. The van der Waals surface area contributed by atoms with Gasteiger partial charge in [0.25, 0.3) is 0 Å². The third kappa shape index (κ3) is 3.90. The molecule has 2 heterocycles. The number of para-hydroxylation sites is 1. The second kappa shape index (κ2) is 6.98. The van der Waals surface area contributed by atoms with Gasteiger partial charge >= 0.3 is 0 Å². The van der Waals surface area contributed by atoms with Gasteiger partial charge in [-0.25, -0.2) is 9.37 Å². The fourth-order valence-corrected chi connectivity index (χ4v) is 3.39. The van der Waals surface area contributed by atoms with Gasteiger partial charge in [-0.2, -0.15) is 0 Å². The number of nitrogens with one attached hydrogen (secondary N) is 1. The van der Waals surface area contributed by atoms with Gasteiger partial charge in [0.1, 0.15) is 10.8 Å². The SMILES string of the molecule is O=C(Cc1csc(CN2CCCC2)n1)Nc1ccccc1F. The van der Waals surface area contributed by atoms with Crippen LogP contribution < -0.4 is 5.32 Å². The Morgan fingerprint density at radius 3 is 2.86 bits per heavy atom. The van der Waals surface area contributed by atoms with Crippen molar-refractivity contribution >= 4 is 22.9 Å². The number of anilines is 1. The number of carbonyl (C=O) groups is 1. The van der Waals surface area contributed by atoms with Crippen molar-refractivity contribution in [2.45, 2.75) is 25.8 Å². The Kier molecular flexibility index (Phi) is 4.80. The second-order valence-electron chi connectivity index (χ2n) is 5.42. The maximum absolute atomic E-state index is 13.5. The first kappa shape index (κ1) is 15.1. The zero-order valence-electron chi connectivity index (χ0n) is 12.2. The molecule has 6 heteroatoms. The van der Waals surface area contributed by atoms with Crippen LogP contribution in [0, 0.1) is 5.82 Å². The van der Waals surface area contributed by atoms with Gasteiger partial charge in [0.2, 0.25) is 5.91 Å². The highest BCUT2D eigenvalue weighted by Gasteiger charge is 2.15. The maximum Gasteiger partial charge on any atom is 0.230 e. The quantitative estimate of drug-likeness (QED) is 0.921. The summed E-state index contributed by atoms with van der Waals surface area (Å²) in [7, 11) is 0. The van der Waals surface area contributed by atoms with Gasteiger partial charge in [-0.15, -0.1) is 11.3 Å². The Bertz CT molecular complexity index is 652. The monoisotopic (exact) mass is 319 g/mol. The van der Waals surface area contributed by atoms with Crippen molar-refractivity contribution in [2.24, 2.45) is 0 Å². The molecule has 1 amide bonds. The molecule has 1 fully saturated rings. The molecule has 0 unspecified atom stereocenters. The average molecular weight is 319 g/mol. The van der Waals surface area contributed by atoms with Crippen LogP contribution >= 0.6 is 11.3 Å². The number of hydrogen-bond donors (Lipinski definition) is 1. The summed E-state index contributed by atoms with van der Waals surface area (Å²) in [6, 6.07) is 6.16. The average Bonchev–Trinajstić information content (AvgIpc) is 3.14. The van der Waals surface area contributed by atoms with Crippen molar-refractivity contribution in [1.29, 1.82) is 0 Å². The highest BCUT2D eigenvalue weighted by molar-refractivity contribution is 7.09. The molecule has 1 aromatic heterocycles. The van der Waals surface area contributed by atoms with Crippen molar-refractivity contribution in [2.75, 3.05) is 18.4 Å². The van der Waals surface area contributed by atoms with Crippen LogP contribution in [0.3, 0.4) is 0 Å². The fraction of sp³-hybridized carbons (Fsp3) is 0.375. The minimum atomic E-state index is -0.427. The third-order valence-electron chi connectivity index (χ3n) is 3.65. The third-order valence-corrected chi connectivity index (χ3v) is 4.53. The van der Waals surface area contributed by atoms with E-state index in [0.29, 0.717) is 0 Å². The number of likely N-dealkylation sites (tertiary alicyclic amines) is 1. The van der Waals surface area contributed by atoms with E-state index in [2.05, 4.69) is 15.2 Å². The van der Waals surface area contributed by atoms with Crippen molar-refractivity contribution in [3.8, 4) is 0 Å². The number of nitrogens with zero attached hydrogens (tertiary/aromatic N) is 2. The molecule has 3 rings (SSSR count). The standard InChI is InChI=1S/C16H18FN3OS/c17-13-5-1-2-6-14(13)19-15(21)9-12-11-22-16(18-12)10-20-7-3-4-8-20/h1-2,5-6,11H,3-4,7-10H2,(H,19,21). The molecule has 1 aliphatic heterocycles. The van der Waals surface area contributed by atoms with Crippen LogP contribution in [0.5, 0.6) is 0 Å². The van der Waals surface area contributed by atoms with E-state index in [1.165, 1.54) is 18.9 Å². The summed E-state index contributed by atoms with van der Waals surface area (Å²) >= 11 is 1.58. The van der Waals surface area contributed by atoms with Crippen LogP contribution in [0.25, 0.3) is 0 Å². The van der Waals surface area contributed by atoms with Crippen LogP contribution in [0.1, 0.15) is 23.5 Å². The summed E-state index contributed by atoms with van der Waals surface area (Å²) in [5, 5.41) is 5.53. The van der Waals surface area contributed by atoms with Gasteiger partial charge in [-0.3, -0.25) is 9.69 Å². The number of halogens is 1. The minimum Gasteiger partial charge on any atom is -0.323 e. The van der Waals surface area contributed by atoms with E-state index in [0.717, 1.165) is 30.3 Å². The number of benzene rings is 1. The molecule has 0 saturated carbocycles. The van der Waals surface area contributed by atoms with Crippen LogP contribution in [0.15, 0.2) is 29.6 Å². The van der Waals surface area contributed by atoms with Crippen molar-refractivity contribution in [3.05, 3.63) is 46.2 Å². The van der Waals surface area contributed by atoms with Gasteiger partial charge in [0, 0.05) is 5.38 Å². The van der Waals surface area contributed by atoms with Crippen LogP contribution in [-0.2, 0) is 17.8 Å². The first-order valence-electron chi connectivity index (χ1n) is 7.41. The maximum atomic E-state index is 13.5. The second-order valence-corrected chi connectivity index (χ2v) is 6.36. The molecule has 1 aliphatic rings. The van der Waals surface area contributed by atoms with Gasteiger partial charge in [0.05, 0.1) is 24.3 Å². The summed E-state index contributed by atoms with van der Waals surface area (Å²) in [5.74, 6) is -0.674. The van der Waals surface area contributed by atoms with Crippen LogP contribution in [0.4, 0.5) is 10.1 Å². The van der Waals surface area contributed by atoms with E-state index in [1.54, 1.807) is 29.5 Å². The summed E-state index contributed by atoms with van der Waals surface area (Å²) in [6.07, 6.45) is 2.68. The Hall–Kier alpha value is -1.79. The number of hydrogen-bond acceptors (Lipinski definition) is 4. The smallest absolute Gasteiger partial charge is 0.230 e. The van der Waals surface area contributed by atoms with E-state index in [9.17, 15) is 9.18 Å². The summed E-state index contributed by atoms with van der Waals surface area (Å²) in [4.78, 5) is 18.8. The topological polar surface area (TPSA) is 45.2 Å². The zero-order chi connectivity index (χ0) is 15.4. The molecular weight excluding hydrogens is 301 g/mol. The number of thiazole rings is 1. The van der Waals surface area contributed by atoms with Crippen LogP contribution in [0.2, 0.25) is 0 Å². The van der Waals surface area contributed by atoms with Gasteiger partial charge in [-0.1, -0.05) is 12.1 Å². The lowest BCUT2D eigenvalue weighted by molar-refractivity contribution is -0.115. The minimum absolute atomic E-state index is 0.171. The summed E-state index contributed by atoms with van der Waals surface area (Å²) in [6.45, 7) is 3.12. The molecule has 1 aromatic carbocycles. The normalized spacial score (nSPS) is 15.1. The molecular formula is C16H18FN3OS. The predicted octanol–water partition coefficient (Wildman–Crippen LogP) is 3.06. The lowest BCUT2D eigenvalue weighted by Gasteiger charge is -2.11. The molecule has 4 nitrogen and oxygen atoms in total. The molecule has 1 N–H and O–H groups in total. The Morgan fingerprint density at radius 1 is 1.32 bits per heavy atom. The first-order valence-corrected chi connectivity index (χ1v) is 8.29. The number of rotatable bonds is 5. The Balaban J connectivity index is 1.55. The highest BCUT2D eigenvalue weighted by Crippen LogP contribution is 2.17. The molecule has 0 aliphatic carbocycles. The lowest BCUT2D eigenvalue weighted by Crippen LogP contribution is -2.18. The zero-order valence-corrected chi connectivity index (χ0v) is 13.0. The molecule has 0 spiro atoms. The Morgan fingerprint density at radius 2 is 2.09 bits per heavy atom. The largest absolute Gasteiger partial charge is 0.323 e. The van der Waals surface area contributed by atoms with E-state index < -0.39 is 5.82 Å². The summed E-state index contributed by atoms with van der Waals surface area (Å²) < 4.78 is 13.5. The molecule has 22 heavy (non-hydrogen) atoms. The lowest BCUT2D eigenvalue weighted by atomic mass is 10.2. The van der Waals surface area contributed by atoms with Crippen molar-refractivity contribution < 1.29 is 9.18 Å². The highest BCUT2D eigenvalue weighted by atomic mass is 32.1. The van der Waals surface area contributed by atoms with Crippen LogP contribution in [-0.4, -0.2) is 28.9 Å². The van der Waals surface area contributed by atoms with Gasteiger partial charge < -0.3 is 5.32 Å². The fourth-order valence-electron chi connectivity index (χ4n) is 2.56. The molecule has 116 valence electrons.